The molecule has 0 fully saturated rings. The molecule has 9 nitrogen and oxygen atoms in total. The summed E-state index contributed by atoms with van der Waals surface area (Å²) in [6.07, 6.45) is 4.79. The number of terminal acetylenes is 1. The highest BCUT2D eigenvalue weighted by Gasteiger charge is 2.17. The maximum Gasteiger partial charge on any atom is 0.338 e. The van der Waals surface area contributed by atoms with Crippen molar-refractivity contribution in [1.82, 2.24) is 4.72 Å². The molecule has 32 heavy (non-hydrogen) atoms. The van der Waals surface area contributed by atoms with Crippen molar-refractivity contribution < 1.29 is 32.3 Å². The Balaban J connectivity index is 1.93. The second kappa shape index (κ2) is 11.1. The first-order chi connectivity index (χ1) is 15.1. The quantitative estimate of drug-likeness (QED) is 0.434. The number of amides is 1. The molecule has 1 amide bonds. The lowest BCUT2D eigenvalue weighted by molar-refractivity contribution is -0.119. The molecule has 0 aliphatic heterocycles. The zero-order chi connectivity index (χ0) is 23.7. The third-order valence-electron chi connectivity index (χ3n) is 3.83. The molecule has 2 N–H and O–H groups in total. The number of anilines is 1. The lowest BCUT2D eigenvalue weighted by Crippen LogP contribution is -2.24. The highest BCUT2D eigenvalue weighted by Crippen LogP contribution is 2.13. The van der Waals surface area contributed by atoms with E-state index in [1.807, 2.05) is 0 Å². The minimum atomic E-state index is -3.88. The van der Waals surface area contributed by atoms with Crippen LogP contribution in [-0.2, 0) is 24.3 Å². The fourth-order valence-electron chi connectivity index (χ4n) is 2.39. The van der Waals surface area contributed by atoms with Gasteiger partial charge in [0.05, 0.1) is 28.7 Å². The molecule has 2 aromatic carbocycles. The molecule has 0 atom stereocenters. The van der Waals surface area contributed by atoms with Crippen LogP contribution < -0.4 is 10.0 Å². The first kappa shape index (κ1) is 24.6. The van der Waals surface area contributed by atoms with Crippen LogP contribution >= 0.6 is 0 Å². The van der Waals surface area contributed by atoms with Gasteiger partial charge in [-0.3, -0.25) is 4.79 Å². The van der Waals surface area contributed by atoms with Crippen LogP contribution in [0.1, 0.15) is 34.6 Å². The van der Waals surface area contributed by atoms with Gasteiger partial charge >= 0.3 is 11.9 Å². The van der Waals surface area contributed by atoms with Gasteiger partial charge in [-0.15, -0.1) is 6.42 Å². The second-order valence-corrected chi connectivity index (χ2v) is 8.48. The molecule has 0 unspecified atom stereocenters. The largest absolute Gasteiger partial charge is 0.459 e. The van der Waals surface area contributed by atoms with Crippen LogP contribution in [0.2, 0.25) is 0 Å². The number of sulfonamides is 1. The number of benzene rings is 2. The lowest BCUT2D eigenvalue weighted by Gasteiger charge is -2.10. The monoisotopic (exact) mass is 458 g/mol. The van der Waals surface area contributed by atoms with E-state index in [-0.39, 0.29) is 23.1 Å². The molecule has 168 valence electrons. The standard InChI is InChI=1S/C22H22N2O7S/c1-4-12-23-32(28,29)19-7-5-6-17(13-19)21(26)30-14-20(25)24-18-10-8-16(9-11-18)22(27)31-15(2)3/h1,5-11,13,15,23H,12,14H2,2-3H3,(H,24,25). The third kappa shape index (κ3) is 7.23. The van der Waals surface area contributed by atoms with E-state index < -0.39 is 34.5 Å². The van der Waals surface area contributed by atoms with Crippen LogP contribution in [0.3, 0.4) is 0 Å². The Hall–Kier alpha value is -3.68. The van der Waals surface area contributed by atoms with Gasteiger partial charge in [-0.1, -0.05) is 12.0 Å². The minimum absolute atomic E-state index is 0.0469. The molecular weight excluding hydrogens is 436 g/mol. The Morgan fingerprint density at radius 2 is 1.72 bits per heavy atom. The number of esters is 2. The predicted molar refractivity (Wildman–Crippen MR) is 116 cm³/mol. The minimum Gasteiger partial charge on any atom is -0.459 e. The zero-order valence-electron chi connectivity index (χ0n) is 17.5. The van der Waals surface area contributed by atoms with E-state index in [4.69, 9.17) is 15.9 Å². The van der Waals surface area contributed by atoms with Gasteiger partial charge in [0.1, 0.15) is 0 Å². The lowest BCUT2D eigenvalue weighted by atomic mass is 10.2. The van der Waals surface area contributed by atoms with Crippen molar-refractivity contribution in [1.29, 1.82) is 0 Å². The molecule has 2 rings (SSSR count). The van der Waals surface area contributed by atoms with Crippen molar-refractivity contribution in [3.8, 4) is 12.3 Å². The van der Waals surface area contributed by atoms with E-state index in [2.05, 4.69) is 16.0 Å². The van der Waals surface area contributed by atoms with E-state index in [9.17, 15) is 22.8 Å². The molecule has 0 saturated heterocycles. The number of carbonyl (C=O) groups excluding carboxylic acids is 3. The predicted octanol–water partition coefficient (Wildman–Crippen LogP) is 1.96. The molecule has 10 heteroatoms. The maximum atomic E-state index is 12.2. The number of rotatable bonds is 9. The summed E-state index contributed by atoms with van der Waals surface area (Å²) in [5, 5.41) is 2.52. The highest BCUT2D eigenvalue weighted by atomic mass is 32.2. The Labute approximate surface area is 186 Å². The van der Waals surface area contributed by atoms with E-state index in [0.717, 1.165) is 6.07 Å². The maximum absolute atomic E-state index is 12.2. The summed E-state index contributed by atoms with van der Waals surface area (Å²) in [5.74, 6) is 0.180. The number of hydrogen-bond acceptors (Lipinski definition) is 7. The summed E-state index contributed by atoms with van der Waals surface area (Å²) < 4.78 is 36.4. The average Bonchev–Trinajstić information content (AvgIpc) is 2.76. The number of nitrogens with one attached hydrogen (secondary N) is 2. The van der Waals surface area contributed by atoms with Gasteiger partial charge in [0, 0.05) is 5.69 Å². The topological polar surface area (TPSA) is 128 Å². The second-order valence-electron chi connectivity index (χ2n) is 6.71. The Morgan fingerprint density at radius 1 is 1.03 bits per heavy atom. The van der Waals surface area contributed by atoms with Crippen LogP contribution in [-0.4, -0.2) is 45.5 Å². The Kier molecular flexibility index (Phi) is 8.52. The van der Waals surface area contributed by atoms with Crippen LogP contribution in [0.4, 0.5) is 5.69 Å². The van der Waals surface area contributed by atoms with Gasteiger partial charge in [-0.25, -0.2) is 18.0 Å². The van der Waals surface area contributed by atoms with E-state index in [0.29, 0.717) is 11.3 Å². The molecule has 0 bridgehead atoms. The SMILES string of the molecule is C#CCNS(=O)(=O)c1cccc(C(=O)OCC(=O)Nc2ccc(C(=O)OC(C)C)cc2)c1. The summed E-state index contributed by atoms with van der Waals surface area (Å²) in [6.45, 7) is 2.68. The third-order valence-corrected chi connectivity index (χ3v) is 5.22. The summed E-state index contributed by atoms with van der Waals surface area (Å²) in [5.41, 5.74) is 0.670. The van der Waals surface area contributed by atoms with Gasteiger partial charge in [0.15, 0.2) is 6.61 Å². The van der Waals surface area contributed by atoms with Gasteiger partial charge in [0.25, 0.3) is 5.91 Å². The number of carbonyl (C=O) groups is 3. The van der Waals surface area contributed by atoms with Crippen LogP contribution in [0.15, 0.2) is 53.4 Å². The van der Waals surface area contributed by atoms with Crippen molar-refractivity contribution in [3.05, 3.63) is 59.7 Å². The molecule has 2 aromatic rings. The Morgan fingerprint density at radius 3 is 2.34 bits per heavy atom. The molecular formula is C22H22N2O7S. The summed E-state index contributed by atoms with van der Waals surface area (Å²) in [7, 11) is -3.88. The van der Waals surface area contributed by atoms with Crippen LogP contribution in [0, 0.1) is 12.3 Å². The van der Waals surface area contributed by atoms with Crippen LogP contribution in [0.5, 0.6) is 0 Å². The zero-order valence-corrected chi connectivity index (χ0v) is 18.3. The normalized spacial score (nSPS) is 10.8. The van der Waals surface area contributed by atoms with Crippen molar-refractivity contribution >= 4 is 33.6 Å². The molecule has 0 aliphatic carbocycles. The van der Waals surface area contributed by atoms with E-state index in [1.54, 1.807) is 13.8 Å². The molecule has 0 heterocycles. The molecule has 0 saturated carbocycles. The van der Waals surface area contributed by atoms with Crippen molar-refractivity contribution in [2.75, 3.05) is 18.5 Å². The van der Waals surface area contributed by atoms with Crippen molar-refractivity contribution in [2.24, 2.45) is 0 Å². The van der Waals surface area contributed by atoms with Crippen LogP contribution in [0.25, 0.3) is 0 Å². The summed E-state index contributed by atoms with van der Waals surface area (Å²) in [4.78, 5) is 35.9. The smallest absolute Gasteiger partial charge is 0.338 e. The van der Waals surface area contributed by atoms with Crippen molar-refractivity contribution in [3.63, 3.8) is 0 Å². The number of ether oxygens (including phenoxy) is 2. The van der Waals surface area contributed by atoms with E-state index in [1.165, 1.54) is 42.5 Å². The van der Waals surface area contributed by atoms with Gasteiger partial charge in [-0.2, -0.15) is 4.72 Å². The highest BCUT2D eigenvalue weighted by molar-refractivity contribution is 7.89. The summed E-state index contributed by atoms with van der Waals surface area (Å²) >= 11 is 0. The van der Waals surface area contributed by atoms with Gasteiger partial charge in [-0.05, 0) is 56.3 Å². The number of hydrogen-bond donors (Lipinski definition) is 2. The van der Waals surface area contributed by atoms with Gasteiger partial charge in [0.2, 0.25) is 10.0 Å². The van der Waals surface area contributed by atoms with E-state index >= 15 is 0 Å². The fraction of sp³-hybridized carbons (Fsp3) is 0.227. The first-order valence-corrected chi connectivity index (χ1v) is 10.9. The molecule has 0 spiro atoms. The Bertz CT molecular complexity index is 1130. The average molecular weight is 458 g/mol. The van der Waals surface area contributed by atoms with Gasteiger partial charge < -0.3 is 14.8 Å². The molecule has 0 radical (unpaired) electrons. The van der Waals surface area contributed by atoms with Crippen molar-refractivity contribution in [2.45, 2.75) is 24.8 Å². The molecule has 0 aliphatic rings. The molecule has 0 aromatic heterocycles. The first-order valence-electron chi connectivity index (χ1n) is 9.43. The summed E-state index contributed by atoms with van der Waals surface area (Å²) in [6, 6.07) is 11.1. The fourth-order valence-corrected chi connectivity index (χ4v) is 3.37.